The molecule has 0 amide bonds. The Balaban J connectivity index is 0.000001000. The Morgan fingerprint density at radius 2 is 2.18 bits per heavy atom. The molecule has 0 aromatic carbocycles. The predicted octanol–water partition coefficient (Wildman–Crippen LogP) is -0.0274. The standard InChI is InChI=1S/C3H7N5O2.ClH/c1-4-8-6-3(10)2(9)5-7-8;/h4,6,9-10H,1H3;1H. The molecule has 1 rings (SSSR count). The lowest BCUT2D eigenvalue weighted by Gasteiger charge is -2.19. The van der Waals surface area contributed by atoms with Gasteiger partial charge in [-0.2, -0.15) is 5.43 Å². The summed E-state index contributed by atoms with van der Waals surface area (Å²) in [6.45, 7) is 0. The van der Waals surface area contributed by atoms with Crippen LogP contribution in [0.15, 0.2) is 22.1 Å². The third-order valence-corrected chi connectivity index (χ3v) is 0.864. The van der Waals surface area contributed by atoms with Gasteiger partial charge in [-0.3, -0.25) is 0 Å². The number of nitrogens with zero attached hydrogens (tertiary/aromatic N) is 3. The van der Waals surface area contributed by atoms with Crippen LogP contribution in [0.5, 0.6) is 0 Å². The van der Waals surface area contributed by atoms with Crippen LogP contribution in [0.1, 0.15) is 0 Å². The number of aliphatic hydroxyl groups is 2. The summed E-state index contributed by atoms with van der Waals surface area (Å²) in [5.74, 6) is -0.976. The first kappa shape index (κ1) is 9.79. The van der Waals surface area contributed by atoms with Crippen LogP contribution in [0.3, 0.4) is 0 Å². The van der Waals surface area contributed by atoms with E-state index in [1.165, 1.54) is 0 Å². The molecule has 7 nitrogen and oxygen atoms in total. The van der Waals surface area contributed by atoms with Crippen molar-refractivity contribution in [1.82, 2.24) is 16.1 Å². The van der Waals surface area contributed by atoms with Crippen LogP contribution in [0.25, 0.3) is 0 Å². The number of halogens is 1. The molecular formula is C3H8ClN5O2. The van der Waals surface area contributed by atoms with Crippen molar-refractivity contribution < 1.29 is 10.2 Å². The van der Waals surface area contributed by atoms with Crippen LogP contribution in [0.4, 0.5) is 0 Å². The summed E-state index contributed by atoms with van der Waals surface area (Å²) < 4.78 is 0. The molecule has 0 aromatic heterocycles. The van der Waals surface area contributed by atoms with Gasteiger partial charge in [0.2, 0.25) is 0 Å². The molecular weight excluding hydrogens is 174 g/mol. The first-order chi connectivity index (χ1) is 4.74. The number of hydrogen-bond donors (Lipinski definition) is 4. The lowest BCUT2D eigenvalue weighted by molar-refractivity contribution is 0.0794. The largest absolute Gasteiger partial charge is 0.490 e. The lowest BCUT2D eigenvalue weighted by Crippen LogP contribution is -2.43. The predicted molar refractivity (Wildman–Crippen MR) is 38.4 cm³/mol. The molecule has 64 valence electrons. The highest BCUT2D eigenvalue weighted by molar-refractivity contribution is 5.85. The van der Waals surface area contributed by atoms with Crippen molar-refractivity contribution in [2.45, 2.75) is 0 Å². The van der Waals surface area contributed by atoms with Gasteiger partial charge in [-0.25, -0.2) is 5.43 Å². The molecule has 0 unspecified atom stereocenters. The zero-order valence-electron chi connectivity index (χ0n) is 5.64. The fourth-order valence-electron chi connectivity index (χ4n) is 0.408. The lowest BCUT2D eigenvalue weighted by atomic mass is 10.8. The van der Waals surface area contributed by atoms with Crippen LogP contribution < -0.4 is 10.9 Å². The first-order valence-electron chi connectivity index (χ1n) is 2.52. The summed E-state index contributed by atoms with van der Waals surface area (Å²) in [6.07, 6.45) is 0. The summed E-state index contributed by atoms with van der Waals surface area (Å²) >= 11 is 0. The van der Waals surface area contributed by atoms with Gasteiger partial charge in [-0.05, 0) is 5.22 Å². The van der Waals surface area contributed by atoms with Crippen molar-refractivity contribution in [3.05, 3.63) is 11.8 Å². The van der Waals surface area contributed by atoms with Crippen LogP contribution in [-0.4, -0.2) is 22.5 Å². The van der Waals surface area contributed by atoms with Crippen molar-refractivity contribution >= 4 is 12.4 Å². The highest BCUT2D eigenvalue weighted by Crippen LogP contribution is 2.02. The molecule has 1 aliphatic heterocycles. The zero-order valence-corrected chi connectivity index (χ0v) is 6.46. The van der Waals surface area contributed by atoms with E-state index in [1.54, 1.807) is 7.05 Å². The van der Waals surface area contributed by atoms with Gasteiger partial charge >= 0.3 is 0 Å². The molecule has 0 saturated carbocycles. The van der Waals surface area contributed by atoms with Crippen molar-refractivity contribution in [2.75, 3.05) is 7.05 Å². The molecule has 1 aliphatic rings. The second-order valence-corrected chi connectivity index (χ2v) is 1.51. The average Bonchev–Trinajstić information content (AvgIpc) is 1.95. The Morgan fingerprint density at radius 3 is 2.64 bits per heavy atom. The second kappa shape index (κ2) is 3.84. The van der Waals surface area contributed by atoms with Gasteiger partial charge in [0, 0.05) is 7.05 Å². The Bertz CT molecular complexity index is 192. The van der Waals surface area contributed by atoms with Crippen molar-refractivity contribution in [3.8, 4) is 0 Å². The van der Waals surface area contributed by atoms with Gasteiger partial charge in [0.15, 0.2) is 0 Å². The van der Waals surface area contributed by atoms with Gasteiger partial charge < -0.3 is 10.2 Å². The van der Waals surface area contributed by atoms with E-state index in [2.05, 4.69) is 21.2 Å². The van der Waals surface area contributed by atoms with Crippen molar-refractivity contribution in [1.29, 1.82) is 0 Å². The minimum Gasteiger partial charge on any atom is -0.490 e. The molecule has 1 heterocycles. The molecule has 0 aliphatic carbocycles. The minimum atomic E-state index is -0.536. The Hall–Kier alpha value is -1.21. The third-order valence-electron chi connectivity index (χ3n) is 0.864. The van der Waals surface area contributed by atoms with Crippen molar-refractivity contribution in [3.63, 3.8) is 0 Å². The van der Waals surface area contributed by atoms with Crippen LogP contribution in [-0.2, 0) is 0 Å². The van der Waals surface area contributed by atoms with Gasteiger partial charge in [-0.1, -0.05) is 5.11 Å². The molecule has 0 radical (unpaired) electrons. The fraction of sp³-hybridized carbons (Fsp3) is 0.333. The van der Waals surface area contributed by atoms with Gasteiger partial charge in [0.05, 0.1) is 0 Å². The summed E-state index contributed by atoms with van der Waals surface area (Å²) in [4.78, 5) is 0. The highest BCUT2D eigenvalue weighted by Gasteiger charge is 2.11. The number of aliphatic hydroxyl groups excluding tert-OH is 2. The first-order valence-corrected chi connectivity index (χ1v) is 2.52. The number of hydrazine groups is 2. The zero-order chi connectivity index (χ0) is 7.56. The van der Waals surface area contributed by atoms with E-state index < -0.39 is 11.8 Å². The maximum absolute atomic E-state index is 8.76. The van der Waals surface area contributed by atoms with Crippen LogP contribution in [0, 0.1) is 0 Å². The summed E-state index contributed by atoms with van der Waals surface area (Å²) in [5, 5.41) is 25.0. The molecule has 0 atom stereocenters. The van der Waals surface area contributed by atoms with E-state index in [4.69, 9.17) is 10.2 Å². The quantitative estimate of drug-likeness (QED) is 0.456. The number of nitrogens with one attached hydrogen (secondary N) is 2. The SMILES string of the molecule is CNN1N=NC(O)=C(O)N1.Cl. The van der Waals surface area contributed by atoms with E-state index in [0.717, 1.165) is 5.23 Å². The normalized spacial score (nSPS) is 15.9. The summed E-state index contributed by atoms with van der Waals surface area (Å²) in [7, 11) is 1.57. The maximum atomic E-state index is 8.76. The van der Waals surface area contributed by atoms with E-state index in [-0.39, 0.29) is 12.4 Å². The highest BCUT2D eigenvalue weighted by atomic mass is 35.5. The van der Waals surface area contributed by atoms with Gasteiger partial charge in [0.25, 0.3) is 11.8 Å². The summed E-state index contributed by atoms with van der Waals surface area (Å²) in [5.41, 5.74) is 4.77. The molecule has 0 bridgehead atoms. The molecule has 0 aromatic rings. The minimum absolute atomic E-state index is 0. The van der Waals surface area contributed by atoms with Gasteiger partial charge in [0.1, 0.15) is 0 Å². The van der Waals surface area contributed by atoms with Gasteiger partial charge in [-0.15, -0.1) is 17.6 Å². The third kappa shape index (κ3) is 2.13. The fourth-order valence-corrected chi connectivity index (χ4v) is 0.408. The molecule has 4 N–H and O–H groups in total. The molecule has 0 spiro atoms. The maximum Gasteiger partial charge on any atom is 0.295 e. The second-order valence-electron chi connectivity index (χ2n) is 1.51. The Kier molecular flexibility index (Phi) is 3.42. The van der Waals surface area contributed by atoms with Crippen molar-refractivity contribution in [2.24, 2.45) is 10.3 Å². The molecule has 0 fully saturated rings. The van der Waals surface area contributed by atoms with E-state index in [0.29, 0.717) is 0 Å². The Morgan fingerprint density at radius 1 is 1.55 bits per heavy atom. The van der Waals surface area contributed by atoms with E-state index in [9.17, 15) is 0 Å². The number of rotatable bonds is 1. The Labute approximate surface area is 68.7 Å². The summed E-state index contributed by atoms with van der Waals surface area (Å²) in [6, 6.07) is 0. The van der Waals surface area contributed by atoms with E-state index in [1.807, 2.05) is 0 Å². The monoisotopic (exact) mass is 181 g/mol. The van der Waals surface area contributed by atoms with Crippen LogP contribution in [0.2, 0.25) is 0 Å². The topological polar surface area (TPSA) is 92.5 Å². The molecule has 11 heavy (non-hydrogen) atoms. The molecule has 0 saturated heterocycles. The average molecular weight is 182 g/mol. The van der Waals surface area contributed by atoms with E-state index >= 15 is 0 Å². The van der Waals surface area contributed by atoms with Crippen LogP contribution >= 0.6 is 12.4 Å². The smallest absolute Gasteiger partial charge is 0.295 e. The number of hydrogen-bond acceptors (Lipinski definition) is 7. The molecule has 8 heteroatoms.